The molecule has 2 aromatic rings. The lowest BCUT2D eigenvalue weighted by Gasteiger charge is -2.28. The fourth-order valence-electron chi connectivity index (χ4n) is 3.10. The zero-order chi connectivity index (χ0) is 21.2. The molecule has 0 fully saturated rings. The molecule has 0 N–H and O–H groups in total. The quantitative estimate of drug-likeness (QED) is 0.588. The maximum Gasteiger partial charge on any atom is 0.417 e. The van der Waals surface area contributed by atoms with Crippen LogP contribution in [0.25, 0.3) is 5.57 Å². The summed E-state index contributed by atoms with van der Waals surface area (Å²) < 4.78 is 82.3. The third-order valence-corrected chi connectivity index (χ3v) is 4.56. The van der Waals surface area contributed by atoms with Gasteiger partial charge in [0.05, 0.1) is 17.7 Å². The Balaban J connectivity index is 1.80. The first-order valence-corrected chi connectivity index (χ1v) is 8.91. The number of alkyl halides is 6. The Kier molecular flexibility index (Phi) is 5.77. The molecular formula is C20H18F6N2O. The van der Waals surface area contributed by atoms with Gasteiger partial charge >= 0.3 is 12.4 Å². The minimum Gasteiger partial charge on any atom is -0.493 e. The molecule has 0 amide bonds. The summed E-state index contributed by atoms with van der Waals surface area (Å²) in [5.41, 5.74) is -0.192. The standard InChI is InChI=1S/C20H18F6N2O/c1-2-29-17-11-14(19(21,22)23)3-5-16(17)13-7-9-28(10-8-13)18-6-4-15(12-27-18)20(24,25)26/h3-7,11-12H,2,8-10H2,1H3. The van der Waals surface area contributed by atoms with Crippen molar-refractivity contribution >= 4 is 11.4 Å². The first kappa shape index (κ1) is 21.0. The van der Waals surface area contributed by atoms with Crippen LogP contribution in [0.1, 0.15) is 30.0 Å². The predicted molar refractivity (Wildman–Crippen MR) is 96.7 cm³/mol. The van der Waals surface area contributed by atoms with Gasteiger partial charge in [-0.3, -0.25) is 0 Å². The number of hydrogen-bond acceptors (Lipinski definition) is 3. The van der Waals surface area contributed by atoms with E-state index >= 15 is 0 Å². The van der Waals surface area contributed by atoms with Gasteiger partial charge in [-0.15, -0.1) is 0 Å². The first-order valence-electron chi connectivity index (χ1n) is 8.91. The van der Waals surface area contributed by atoms with Crippen LogP contribution in [0, 0.1) is 0 Å². The fraction of sp³-hybridized carbons (Fsp3) is 0.350. The summed E-state index contributed by atoms with van der Waals surface area (Å²) in [6, 6.07) is 5.69. The third-order valence-electron chi connectivity index (χ3n) is 4.56. The molecule has 0 aliphatic carbocycles. The molecule has 0 atom stereocenters. The molecule has 1 aromatic carbocycles. The summed E-state index contributed by atoms with van der Waals surface area (Å²) >= 11 is 0. The number of pyridine rings is 1. The minimum absolute atomic E-state index is 0.162. The lowest BCUT2D eigenvalue weighted by Crippen LogP contribution is -2.29. The molecule has 0 bridgehead atoms. The van der Waals surface area contributed by atoms with Gasteiger partial charge in [-0.1, -0.05) is 12.1 Å². The van der Waals surface area contributed by atoms with Gasteiger partial charge in [-0.2, -0.15) is 26.3 Å². The molecule has 29 heavy (non-hydrogen) atoms. The van der Waals surface area contributed by atoms with Crippen molar-refractivity contribution in [2.24, 2.45) is 0 Å². The van der Waals surface area contributed by atoms with Crippen LogP contribution in [0.5, 0.6) is 5.75 Å². The molecule has 0 radical (unpaired) electrons. The van der Waals surface area contributed by atoms with E-state index in [1.54, 1.807) is 11.8 Å². The van der Waals surface area contributed by atoms with Gasteiger partial charge in [0.1, 0.15) is 11.6 Å². The lowest BCUT2D eigenvalue weighted by atomic mass is 9.97. The van der Waals surface area contributed by atoms with Crippen LogP contribution >= 0.6 is 0 Å². The van der Waals surface area contributed by atoms with Crippen molar-refractivity contribution in [2.75, 3.05) is 24.6 Å². The summed E-state index contributed by atoms with van der Waals surface area (Å²) in [6.45, 7) is 2.76. The maximum atomic E-state index is 13.0. The number of aromatic nitrogens is 1. The van der Waals surface area contributed by atoms with E-state index in [1.165, 1.54) is 12.1 Å². The van der Waals surface area contributed by atoms with E-state index in [0.717, 1.165) is 30.0 Å². The second kappa shape index (κ2) is 7.96. The van der Waals surface area contributed by atoms with Gasteiger partial charge < -0.3 is 9.64 Å². The minimum atomic E-state index is -4.46. The van der Waals surface area contributed by atoms with Crippen LogP contribution in [-0.2, 0) is 12.4 Å². The topological polar surface area (TPSA) is 25.4 Å². The number of nitrogens with zero attached hydrogens (tertiary/aromatic N) is 2. The summed E-state index contributed by atoms with van der Waals surface area (Å²) in [5, 5.41) is 0. The van der Waals surface area contributed by atoms with Gasteiger partial charge in [-0.05, 0) is 43.2 Å². The Morgan fingerprint density at radius 3 is 2.21 bits per heavy atom. The summed E-state index contributed by atoms with van der Waals surface area (Å²) in [4.78, 5) is 5.68. The molecule has 0 saturated carbocycles. The number of ether oxygens (including phenoxy) is 1. The van der Waals surface area contributed by atoms with E-state index < -0.39 is 23.5 Å². The molecule has 2 heterocycles. The zero-order valence-corrected chi connectivity index (χ0v) is 15.4. The summed E-state index contributed by atoms with van der Waals surface area (Å²) in [5.74, 6) is 0.570. The molecule has 0 saturated heterocycles. The monoisotopic (exact) mass is 416 g/mol. The molecule has 0 unspecified atom stereocenters. The average molecular weight is 416 g/mol. The van der Waals surface area contributed by atoms with E-state index in [4.69, 9.17) is 4.74 Å². The molecular weight excluding hydrogens is 398 g/mol. The highest BCUT2D eigenvalue weighted by Crippen LogP contribution is 2.37. The Hall–Kier alpha value is -2.71. The number of hydrogen-bond donors (Lipinski definition) is 0. The van der Waals surface area contributed by atoms with Crippen molar-refractivity contribution in [1.29, 1.82) is 0 Å². The highest BCUT2D eigenvalue weighted by atomic mass is 19.4. The van der Waals surface area contributed by atoms with Crippen molar-refractivity contribution in [3.63, 3.8) is 0 Å². The van der Waals surface area contributed by atoms with E-state index in [9.17, 15) is 26.3 Å². The Bertz CT molecular complexity index is 887. The predicted octanol–water partition coefficient (Wildman–Crippen LogP) is 5.81. The highest BCUT2D eigenvalue weighted by Gasteiger charge is 2.32. The zero-order valence-electron chi connectivity index (χ0n) is 15.4. The van der Waals surface area contributed by atoms with E-state index in [1.807, 2.05) is 6.08 Å². The second-order valence-corrected chi connectivity index (χ2v) is 6.47. The van der Waals surface area contributed by atoms with Crippen molar-refractivity contribution in [3.8, 4) is 5.75 Å². The van der Waals surface area contributed by atoms with Crippen LogP contribution in [0.2, 0.25) is 0 Å². The Morgan fingerprint density at radius 1 is 1.00 bits per heavy atom. The normalized spacial score (nSPS) is 15.3. The molecule has 1 aliphatic rings. The van der Waals surface area contributed by atoms with Crippen LogP contribution in [0.3, 0.4) is 0 Å². The third kappa shape index (κ3) is 4.83. The first-order chi connectivity index (χ1) is 13.6. The van der Waals surface area contributed by atoms with Crippen LogP contribution in [0.15, 0.2) is 42.6 Å². The Morgan fingerprint density at radius 2 is 1.69 bits per heavy atom. The van der Waals surface area contributed by atoms with Gasteiger partial charge in [0, 0.05) is 24.8 Å². The molecule has 3 rings (SSSR count). The van der Waals surface area contributed by atoms with Crippen molar-refractivity contribution in [1.82, 2.24) is 4.98 Å². The highest BCUT2D eigenvalue weighted by molar-refractivity contribution is 5.73. The average Bonchev–Trinajstić information content (AvgIpc) is 2.67. The fourth-order valence-corrected chi connectivity index (χ4v) is 3.10. The molecule has 3 nitrogen and oxygen atoms in total. The van der Waals surface area contributed by atoms with Crippen LogP contribution in [0.4, 0.5) is 32.2 Å². The lowest BCUT2D eigenvalue weighted by molar-refractivity contribution is -0.138. The molecule has 9 heteroatoms. The number of anilines is 1. The number of halogens is 6. The van der Waals surface area contributed by atoms with Crippen LogP contribution in [-0.4, -0.2) is 24.7 Å². The number of benzene rings is 1. The van der Waals surface area contributed by atoms with Crippen molar-refractivity contribution < 1.29 is 31.1 Å². The maximum absolute atomic E-state index is 13.0. The Labute approximate surface area is 163 Å². The molecule has 0 spiro atoms. The van der Waals surface area contributed by atoms with E-state index in [0.29, 0.717) is 30.9 Å². The smallest absolute Gasteiger partial charge is 0.417 e. The van der Waals surface area contributed by atoms with E-state index in [2.05, 4.69) is 4.98 Å². The largest absolute Gasteiger partial charge is 0.493 e. The van der Waals surface area contributed by atoms with Crippen molar-refractivity contribution in [3.05, 3.63) is 59.3 Å². The van der Waals surface area contributed by atoms with Gasteiger partial charge in [0.2, 0.25) is 0 Å². The van der Waals surface area contributed by atoms with E-state index in [-0.39, 0.29) is 12.4 Å². The SMILES string of the molecule is CCOc1cc(C(F)(F)F)ccc1C1=CCN(c2ccc(C(F)(F)F)cn2)CC1. The second-order valence-electron chi connectivity index (χ2n) is 6.47. The molecule has 156 valence electrons. The summed E-state index contributed by atoms with van der Waals surface area (Å²) in [7, 11) is 0. The summed E-state index contributed by atoms with van der Waals surface area (Å²) in [6.07, 6.45) is -5.80. The number of rotatable bonds is 4. The van der Waals surface area contributed by atoms with Gasteiger partial charge in [-0.25, -0.2) is 4.98 Å². The van der Waals surface area contributed by atoms with Crippen LogP contribution < -0.4 is 9.64 Å². The molecule has 1 aliphatic heterocycles. The molecule has 1 aromatic heterocycles. The van der Waals surface area contributed by atoms with Gasteiger partial charge in [0.15, 0.2) is 0 Å². The van der Waals surface area contributed by atoms with Gasteiger partial charge in [0.25, 0.3) is 0 Å². The van der Waals surface area contributed by atoms with Crippen molar-refractivity contribution in [2.45, 2.75) is 25.7 Å².